The Labute approximate surface area is 116 Å². The molecule has 2 N–H and O–H groups in total. The molecule has 0 aliphatic heterocycles. The summed E-state index contributed by atoms with van der Waals surface area (Å²) >= 11 is 0. The molecule has 0 aliphatic rings. The van der Waals surface area contributed by atoms with Crippen molar-refractivity contribution in [1.82, 2.24) is 4.90 Å². The van der Waals surface area contributed by atoms with Gasteiger partial charge < -0.3 is 15.1 Å². The molecule has 1 heterocycles. The fourth-order valence-corrected chi connectivity index (χ4v) is 2.16. The van der Waals surface area contributed by atoms with Crippen LogP contribution in [0.15, 0.2) is 16.7 Å². The van der Waals surface area contributed by atoms with Crippen LogP contribution in [0.25, 0.3) is 0 Å². The summed E-state index contributed by atoms with van der Waals surface area (Å²) in [5.41, 5.74) is 7.23. The summed E-state index contributed by atoms with van der Waals surface area (Å²) in [6.07, 6.45) is 2.89. The van der Waals surface area contributed by atoms with Gasteiger partial charge in [0.05, 0.1) is 6.26 Å². The zero-order chi connectivity index (χ0) is 14.6. The predicted molar refractivity (Wildman–Crippen MR) is 76.6 cm³/mol. The second-order valence-electron chi connectivity index (χ2n) is 6.48. The minimum Gasteiger partial charge on any atom is -0.469 e. The van der Waals surface area contributed by atoms with E-state index in [1.807, 2.05) is 13.0 Å². The molecule has 0 spiro atoms. The van der Waals surface area contributed by atoms with E-state index in [1.165, 1.54) is 0 Å². The highest BCUT2D eigenvalue weighted by atomic mass is 16.3. The highest BCUT2D eigenvalue weighted by Crippen LogP contribution is 2.21. The van der Waals surface area contributed by atoms with Crippen molar-refractivity contribution in [2.24, 2.45) is 11.1 Å². The van der Waals surface area contributed by atoms with E-state index >= 15 is 0 Å². The van der Waals surface area contributed by atoms with Gasteiger partial charge in [0.2, 0.25) is 5.91 Å². The average molecular weight is 266 g/mol. The highest BCUT2D eigenvalue weighted by Gasteiger charge is 2.20. The molecular weight excluding hydrogens is 240 g/mol. The Morgan fingerprint density at radius 1 is 1.47 bits per heavy atom. The molecule has 0 saturated carbocycles. The van der Waals surface area contributed by atoms with E-state index < -0.39 is 0 Å². The van der Waals surface area contributed by atoms with Gasteiger partial charge in [0.25, 0.3) is 0 Å². The summed E-state index contributed by atoms with van der Waals surface area (Å²) in [5.74, 6) is 0.941. The molecule has 0 aromatic carbocycles. The molecule has 1 amide bonds. The van der Waals surface area contributed by atoms with Gasteiger partial charge in [-0.15, -0.1) is 0 Å². The summed E-state index contributed by atoms with van der Waals surface area (Å²) < 4.78 is 5.23. The monoisotopic (exact) mass is 266 g/mol. The molecule has 1 atom stereocenters. The molecule has 0 fully saturated rings. The van der Waals surface area contributed by atoms with Crippen molar-refractivity contribution < 1.29 is 9.21 Å². The molecule has 4 heteroatoms. The van der Waals surface area contributed by atoms with Crippen LogP contribution >= 0.6 is 0 Å². The van der Waals surface area contributed by atoms with Crippen LogP contribution in [0.3, 0.4) is 0 Å². The average Bonchev–Trinajstić information content (AvgIpc) is 2.61. The van der Waals surface area contributed by atoms with E-state index in [0.29, 0.717) is 13.0 Å². The lowest BCUT2D eigenvalue weighted by Gasteiger charge is -2.24. The topological polar surface area (TPSA) is 59.5 Å². The summed E-state index contributed by atoms with van der Waals surface area (Å²) in [5, 5.41) is 0. The normalized spacial score (nSPS) is 13.4. The first-order valence-corrected chi connectivity index (χ1v) is 6.71. The zero-order valence-electron chi connectivity index (χ0n) is 12.7. The minimum atomic E-state index is -0.0830. The lowest BCUT2D eigenvalue weighted by Crippen LogP contribution is -2.35. The van der Waals surface area contributed by atoms with Crippen molar-refractivity contribution in [2.45, 2.75) is 53.1 Å². The Hall–Kier alpha value is -1.29. The molecule has 0 saturated heterocycles. The minimum absolute atomic E-state index is 0.0809. The smallest absolute Gasteiger partial charge is 0.224 e. The van der Waals surface area contributed by atoms with Crippen molar-refractivity contribution in [3.8, 4) is 0 Å². The zero-order valence-corrected chi connectivity index (χ0v) is 12.7. The number of nitrogens with zero attached hydrogens (tertiary/aromatic N) is 1. The number of carbonyl (C=O) groups excluding carboxylic acids is 1. The van der Waals surface area contributed by atoms with Gasteiger partial charge in [0.15, 0.2) is 0 Å². The SMILES string of the molecule is Cc1occc1CN(C)C(=O)CC(N)CC(C)(C)C. The van der Waals surface area contributed by atoms with E-state index in [1.54, 1.807) is 18.2 Å². The molecule has 19 heavy (non-hydrogen) atoms. The second kappa shape index (κ2) is 6.24. The summed E-state index contributed by atoms with van der Waals surface area (Å²) in [6.45, 7) is 8.88. The second-order valence-corrected chi connectivity index (χ2v) is 6.48. The van der Waals surface area contributed by atoms with Crippen LogP contribution in [-0.4, -0.2) is 23.9 Å². The maximum Gasteiger partial charge on any atom is 0.224 e. The van der Waals surface area contributed by atoms with Gasteiger partial charge in [0.1, 0.15) is 5.76 Å². The summed E-state index contributed by atoms with van der Waals surface area (Å²) in [7, 11) is 1.80. The van der Waals surface area contributed by atoms with Crippen molar-refractivity contribution in [3.05, 3.63) is 23.7 Å². The largest absolute Gasteiger partial charge is 0.469 e. The van der Waals surface area contributed by atoms with Gasteiger partial charge >= 0.3 is 0 Å². The lowest BCUT2D eigenvalue weighted by atomic mass is 9.87. The number of amides is 1. The third-order valence-corrected chi connectivity index (χ3v) is 3.11. The molecule has 0 aliphatic carbocycles. The van der Waals surface area contributed by atoms with E-state index in [-0.39, 0.29) is 17.4 Å². The molecule has 0 radical (unpaired) electrons. The van der Waals surface area contributed by atoms with Crippen LogP contribution in [0.5, 0.6) is 0 Å². The molecule has 4 nitrogen and oxygen atoms in total. The number of hydrogen-bond donors (Lipinski definition) is 1. The molecule has 1 unspecified atom stereocenters. The van der Waals surface area contributed by atoms with E-state index in [4.69, 9.17) is 10.2 Å². The van der Waals surface area contributed by atoms with Crippen LogP contribution in [0.1, 0.15) is 44.9 Å². The predicted octanol–water partition coefficient (Wildman–Crippen LogP) is 2.70. The summed E-state index contributed by atoms with van der Waals surface area (Å²) in [6, 6.07) is 1.81. The number of aryl methyl sites for hydroxylation is 1. The van der Waals surface area contributed by atoms with Crippen LogP contribution in [0.2, 0.25) is 0 Å². The third-order valence-electron chi connectivity index (χ3n) is 3.11. The van der Waals surface area contributed by atoms with Crippen LogP contribution in [-0.2, 0) is 11.3 Å². The van der Waals surface area contributed by atoms with E-state index in [2.05, 4.69) is 20.8 Å². The van der Waals surface area contributed by atoms with Gasteiger partial charge in [-0.05, 0) is 24.8 Å². The van der Waals surface area contributed by atoms with Gasteiger partial charge in [-0.3, -0.25) is 4.79 Å². The van der Waals surface area contributed by atoms with E-state index in [9.17, 15) is 4.79 Å². The Bertz CT molecular complexity index is 418. The Balaban J connectivity index is 2.47. The standard InChI is InChI=1S/C15H26N2O2/c1-11-12(6-7-19-11)10-17(5)14(18)8-13(16)9-15(2,3)4/h6-7,13H,8-10,16H2,1-5H3. The van der Waals surface area contributed by atoms with Crippen molar-refractivity contribution in [2.75, 3.05) is 7.05 Å². The van der Waals surface area contributed by atoms with Crippen molar-refractivity contribution in [1.29, 1.82) is 0 Å². The Morgan fingerprint density at radius 3 is 2.58 bits per heavy atom. The number of hydrogen-bond acceptors (Lipinski definition) is 3. The number of rotatable bonds is 5. The highest BCUT2D eigenvalue weighted by molar-refractivity contribution is 5.76. The Kier molecular flexibility index (Phi) is 5.18. The molecule has 0 bridgehead atoms. The maximum atomic E-state index is 12.1. The Morgan fingerprint density at radius 2 is 2.11 bits per heavy atom. The first-order chi connectivity index (χ1) is 8.69. The first kappa shape index (κ1) is 15.8. The molecule has 1 aromatic heterocycles. The van der Waals surface area contributed by atoms with Crippen LogP contribution in [0.4, 0.5) is 0 Å². The summed E-state index contributed by atoms with van der Waals surface area (Å²) in [4.78, 5) is 13.8. The maximum absolute atomic E-state index is 12.1. The van der Waals surface area contributed by atoms with Gasteiger partial charge in [-0.1, -0.05) is 20.8 Å². The van der Waals surface area contributed by atoms with Gasteiger partial charge in [-0.2, -0.15) is 0 Å². The molecule has 1 aromatic rings. The fraction of sp³-hybridized carbons (Fsp3) is 0.667. The number of furan rings is 1. The van der Waals surface area contributed by atoms with Crippen LogP contribution in [0, 0.1) is 12.3 Å². The number of carbonyl (C=O) groups is 1. The van der Waals surface area contributed by atoms with Gasteiger partial charge in [0, 0.05) is 31.6 Å². The fourth-order valence-electron chi connectivity index (χ4n) is 2.16. The van der Waals surface area contributed by atoms with Crippen molar-refractivity contribution in [3.63, 3.8) is 0 Å². The first-order valence-electron chi connectivity index (χ1n) is 6.71. The molecular formula is C15H26N2O2. The quantitative estimate of drug-likeness (QED) is 0.891. The van der Waals surface area contributed by atoms with Crippen molar-refractivity contribution >= 4 is 5.91 Å². The van der Waals surface area contributed by atoms with Crippen LogP contribution < -0.4 is 5.73 Å². The third kappa shape index (κ3) is 5.47. The lowest BCUT2D eigenvalue weighted by molar-refractivity contribution is -0.130. The molecule has 108 valence electrons. The number of nitrogens with two attached hydrogens (primary N) is 1. The van der Waals surface area contributed by atoms with E-state index in [0.717, 1.165) is 17.7 Å². The van der Waals surface area contributed by atoms with Gasteiger partial charge in [-0.25, -0.2) is 0 Å². The molecule has 1 rings (SSSR count).